The minimum absolute atomic E-state index is 0. The second-order valence-corrected chi connectivity index (χ2v) is 4.66. The number of aromatic nitrogens is 1. The molecule has 1 heteroatoms. The summed E-state index contributed by atoms with van der Waals surface area (Å²) in [6.45, 7) is 10.7. The normalized spacial score (nSPS) is 10.2. The van der Waals surface area contributed by atoms with E-state index in [0.717, 1.165) is 5.52 Å². The largest absolute Gasteiger partial charge is 0.256 e. The molecular weight excluding hydrogens is 206 g/mol. The Kier molecular flexibility index (Phi) is 5.87. The molecule has 17 heavy (non-hydrogen) atoms. The number of nitrogens with zero attached hydrogens (tertiary/aromatic N) is 1. The summed E-state index contributed by atoms with van der Waals surface area (Å²) < 4.78 is 0. The highest BCUT2D eigenvalue weighted by atomic mass is 14.6. The van der Waals surface area contributed by atoms with E-state index in [1.54, 1.807) is 0 Å². The predicted molar refractivity (Wildman–Crippen MR) is 78.5 cm³/mol. The van der Waals surface area contributed by atoms with Gasteiger partial charge in [-0.3, -0.25) is 4.98 Å². The average molecular weight is 231 g/mol. The molecule has 0 spiro atoms. The van der Waals surface area contributed by atoms with Gasteiger partial charge >= 0.3 is 0 Å². The van der Waals surface area contributed by atoms with Crippen LogP contribution in [0.2, 0.25) is 0 Å². The van der Waals surface area contributed by atoms with Crippen LogP contribution in [0.1, 0.15) is 47.6 Å². The van der Waals surface area contributed by atoms with Gasteiger partial charge in [0.25, 0.3) is 0 Å². The van der Waals surface area contributed by atoms with Gasteiger partial charge in [-0.15, -0.1) is 0 Å². The molecule has 0 aliphatic carbocycles. The number of rotatable bonds is 0. The van der Waals surface area contributed by atoms with E-state index >= 15 is 0 Å². The first-order chi connectivity index (χ1) is 7.57. The molecule has 0 saturated carbocycles. The maximum absolute atomic E-state index is 4.30. The van der Waals surface area contributed by atoms with Crippen LogP contribution < -0.4 is 0 Å². The average Bonchev–Trinajstić information content (AvgIpc) is 2.30. The lowest BCUT2D eigenvalue weighted by atomic mass is 9.86. The van der Waals surface area contributed by atoms with E-state index in [1.807, 2.05) is 26.1 Å². The smallest absolute Gasteiger partial charge is 0.0702 e. The topological polar surface area (TPSA) is 12.9 Å². The standard InChI is InChI=1S/C13H15N.C2H6.CH4/c1-13(2,3)11-6-7-12-10(9-11)5-4-8-14-12;1-2;/h4-9H,1-3H3;1-2H3;1H4. The van der Waals surface area contributed by atoms with Crippen LogP contribution in [0, 0.1) is 0 Å². The van der Waals surface area contributed by atoms with Crippen molar-refractivity contribution in [3.8, 4) is 0 Å². The first kappa shape index (κ1) is 15.6. The fourth-order valence-electron chi connectivity index (χ4n) is 1.54. The maximum atomic E-state index is 4.30. The van der Waals surface area contributed by atoms with Gasteiger partial charge in [0, 0.05) is 11.6 Å². The van der Waals surface area contributed by atoms with Gasteiger partial charge in [0.15, 0.2) is 0 Å². The molecule has 2 rings (SSSR count). The van der Waals surface area contributed by atoms with Gasteiger partial charge < -0.3 is 0 Å². The second kappa shape index (κ2) is 6.39. The molecule has 0 aliphatic heterocycles. The molecule has 0 unspecified atom stereocenters. The Morgan fingerprint density at radius 1 is 1.00 bits per heavy atom. The predicted octanol–water partition coefficient (Wildman–Crippen LogP) is 5.19. The van der Waals surface area contributed by atoms with E-state index in [1.165, 1.54) is 10.9 Å². The highest BCUT2D eigenvalue weighted by Crippen LogP contribution is 2.24. The van der Waals surface area contributed by atoms with E-state index < -0.39 is 0 Å². The molecule has 1 aromatic carbocycles. The summed E-state index contributed by atoms with van der Waals surface area (Å²) >= 11 is 0. The van der Waals surface area contributed by atoms with Crippen LogP contribution in [0.15, 0.2) is 36.5 Å². The third-order valence-corrected chi connectivity index (χ3v) is 2.47. The van der Waals surface area contributed by atoms with E-state index in [-0.39, 0.29) is 12.8 Å². The van der Waals surface area contributed by atoms with Gasteiger partial charge in [-0.25, -0.2) is 0 Å². The number of benzene rings is 1. The number of pyridine rings is 1. The van der Waals surface area contributed by atoms with E-state index in [9.17, 15) is 0 Å². The zero-order valence-electron chi connectivity index (χ0n) is 10.9. The molecule has 0 aliphatic rings. The van der Waals surface area contributed by atoms with Crippen molar-refractivity contribution in [3.05, 3.63) is 42.1 Å². The molecule has 1 heterocycles. The van der Waals surface area contributed by atoms with Crippen molar-refractivity contribution >= 4 is 10.9 Å². The van der Waals surface area contributed by atoms with Crippen molar-refractivity contribution in [1.82, 2.24) is 4.98 Å². The van der Waals surface area contributed by atoms with Crippen LogP contribution in [0.5, 0.6) is 0 Å². The molecule has 94 valence electrons. The zero-order valence-corrected chi connectivity index (χ0v) is 10.9. The fraction of sp³-hybridized carbons (Fsp3) is 0.438. The zero-order chi connectivity index (χ0) is 12.2. The third-order valence-electron chi connectivity index (χ3n) is 2.47. The number of hydrogen-bond donors (Lipinski definition) is 0. The molecule has 0 bridgehead atoms. The van der Waals surface area contributed by atoms with Gasteiger partial charge in [-0.05, 0) is 29.2 Å². The maximum Gasteiger partial charge on any atom is 0.0702 e. The van der Waals surface area contributed by atoms with E-state index in [4.69, 9.17) is 0 Å². The Balaban J connectivity index is 0.000000811. The van der Waals surface area contributed by atoms with Crippen molar-refractivity contribution in [2.24, 2.45) is 0 Å². The van der Waals surface area contributed by atoms with Crippen LogP contribution in [-0.4, -0.2) is 4.98 Å². The molecule has 2 aromatic rings. The third kappa shape index (κ3) is 3.85. The van der Waals surface area contributed by atoms with Gasteiger partial charge in [0.1, 0.15) is 0 Å². The summed E-state index contributed by atoms with van der Waals surface area (Å²) in [5.74, 6) is 0. The van der Waals surface area contributed by atoms with E-state index in [2.05, 4.69) is 50.0 Å². The number of fused-ring (bicyclic) bond motifs is 1. The molecule has 1 aromatic heterocycles. The van der Waals surface area contributed by atoms with Crippen molar-refractivity contribution in [2.45, 2.75) is 47.5 Å². The summed E-state index contributed by atoms with van der Waals surface area (Å²) in [7, 11) is 0. The molecule has 0 atom stereocenters. The monoisotopic (exact) mass is 231 g/mol. The first-order valence-electron chi connectivity index (χ1n) is 5.93. The Morgan fingerprint density at radius 2 is 1.65 bits per heavy atom. The Hall–Kier alpha value is -1.37. The Bertz CT molecular complexity index is 452. The lowest BCUT2D eigenvalue weighted by Crippen LogP contribution is -2.10. The highest BCUT2D eigenvalue weighted by Gasteiger charge is 2.13. The van der Waals surface area contributed by atoms with Crippen LogP contribution in [0.3, 0.4) is 0 Å². The molecular formula is C16H25N. The summed E-state index contributed by atoms with van der Waals surface area (Å²) in [6.07, 6.45) is 1.83. The molecule has 0 saturated heterocycles. The SMILES string of the molecule is C.CC.CC(C)(C)c1ccc2ncccc2c1. The quantitative estimate of drug-likeness (QED) is 0.607. The summed E-state index contributed by atoms with van der Waals surface area (Å²) in [5.41, 5.74) is 2.64. The van der Waals surface area contributed by atoms with Crippen molar-refractivity contribution in [1.29, 1.82) is 0 Å². The van der Waals surface area contributed by atoms with Crippen LogP contribution >= 0.6 is 0 Å². The highest BCUT2D eigenvalue weighted by molar-refractivity contribution is 5.79. The number of hydrogen-bond acceptors (Lipinski definition) is 1. The van der Waals surface area contributed by atoms with Gasteiger partial charge in [-0.2, -0.15) is 0 Å². The minimum atomic E-state index is 0. The van der Waals surface area contributed by atoms with Gasteiger partial charge in [0.05, 0.1) is 5.52 Å². The summed E-state index contributed by atoms with van der Waals surface area (Å²) in [4.78, 5) is 4.30. The molecule has 0 radical (unpaired) electrons. The van der Waals surface area contributed by atoms with Gasteiger partial charge in [-0.1, -0.05) is 54.2 Å². The summed E-state index contributed by atoms with van der Waals surface area (Å²) in [6, 6.07) is 10.6. The minimum Gasteiger partial charge on any atom is -0.256 e. The first-order valence-corrected chi connectivity index (χ1v) is 5.93. The van der Waals surface area contributed by atoms with E-state index in [0.29, 0.717) is 0 Å². The lowest BCUT2D eigenvalue weighted by molar-refractivity contribution is 0.591. The summed E-state index contributed by atoms with van der Waals surface area (Å²) in [5, 5.41) is 1.22. The lowest BCUT2D eigenvalue weighted by Gasteiger charge is -2.19. The van der Waals surface area contributed by atoms with Crippen molar-refractivity contribution in [2.75, 3.05) is 0 Å². The van der Waals surface area contributed by atoms with Crippen LogP contribution in [-0.2, 0) is 5.41 Å². The molecule has 0 N–H and O–H groups in total. The van der Waals surface area contributed by atoms with Gasteiger partial charge in [0.2, 0.25) is 0 Å². The van der Waals surface area contributed by atoms with Crippen LogP contribution in [0.4, 0.5) is 0 Å². The van der Waals surface area contributed by atoms with Crippen molar-refractivity contribution in [3.63, 3.8) is 0 Å². The molecule has 0 fully saturated rings. The molecule has 1 nitrogen and oxygen atoms in total. The van der Waals surface area contributed by atoms with Crippen LogP contribution in [0.25, 0.3) is 10.9 Å². The fourth-order valence-corrected chi connectivity index (χ4v) is 1.54. The Labute approximate surface area is 106 Å². The second-order valence-electron chi connectivity index (χ2n) is 4.66. The Morgan fingerprint density at radius 3 is 2.24 bits per heavy atom. The molecule has 0 amide bonds. The van der Waals surface area contributed by atoms with Crippen molar-refractivity contribution < 1.29 is 0 Å².